The van der Waals surface area contributed by atoms with E-state index < -0.39 is 10.0 Å². The Labute approximate surface area is 126 Å². The molecule has 1 saturated heterocycles. The third-order valence-corrected chi connectivity index (χ3v) is 4.40. The van der Waals surface area contributed by atoms with Crippen molar-refractivity contribution in [1.82, 2.24) is 5.32 Å². The van der Waals surface area contributed by atoms with Gasteiger partial charge in [0.2, 0.25) is 10.0 Å². The van der Waals surface area contributed by atoms with E-state index in [9.17, 15) is 8.42 Å². The summed E-state index contributed by atoms with van der Waals surface area (Å²) in [6.45, 7) is 3.62. The van der Waals surface area contributed by atoms with Crippen LogP contribution in [0.15, 0.2) is 29.2 Å². The van der Waals surface area contributed by atoms with Crippen molar-refractivity contribution in [3.8, 4) is 0 Å². The molecule has 1 aliphatic rings. The number of primary sulfonamides is 1. The average Bonchev–Trinajstić information content (AvgIpc) is 2.47. The standard InChI is InChI=1S/C14H23N3O3S/c15-21(18,19)14-4-2-12(3-5-14)17-8-1-11-20-13-6-9-16-10-7-13/h2-5,13,16-17H,1,6-11H2,(H2,15,18,19). The van der Waals surface area contributed by atoms with Crippen molar-refractivity contribution in [2.75, 3.05) is 31.6 Å². The first-order chi connectivity index (χ1) is 10.1. The minimum Gasteiger partial charge on any atom is -0.385 e. The Hall–Kier alpha value is -1.15. The SMILES string of the molecule is NS(=O)(=O)c1ccc(NCCCOC2CCNCC2)cc1. The largest absolute Gasteiger partial charge is 0.385 e. The Balaban J connectivity index is 1.64. The lowest BCUT2D eigenvalue weighted by atomic mass is 10.1. The zero-order valence-corrected chi connectivity index (χ0v) is 12.9. The fraction of sp³-hybridized carbons (Fsp3) is 0.571. The summed E-state index contributed by atoms with van der Waals surface area (Å²) >= 11 is 0. The number of ether oxygens (including phenoxy) is 1. The van der Waals surface area contributed by atoms with Gasteiger partial charge in [0.25, 0.3) is 0 Å². The van der Waals surface area contributed by atoms with Gasteiger partial charge in [0.15, 0.2) is 0 Å². The lowest BCUT2D eigenvalue weighted by Crippen LogP contribution is -2.32. The summed E-state index contributed by atoms with van der Waals surface area (Å²) in [5.74, 6) is 0. The van der Waals surface area contributed by atoms with Gasteiger partial charge in [0.05, 0.1) is 11.0 Å². The van der Waals surface area contributed by atoms with Crippen molar-refractivity contribution in [2.24, 2.45) is 5.14 Å². The quantitative estimate of drug-likeness (QED) is 0.651. The molecule has 1 heterocycles. The second-order valence-corrected chi connectivity index (χ2v) is 6.73. The highest BCUT2D eigenvalue weighted by molar-refractivity contribution is 7.89. The van der Waals surface area contributed by atoms with Gasteiger partial charge in [-0.3, -0.25) is 0 Å². The third kappa shape index (κ3) is 5.62. The third-order valence-electron chi connectivity index (χ3n) is 3.47. The van der Waals surface area contributed by atoms with Gasteiger partial charge >= 0.3 is 0 Å². The number of benzene rings is 1. The first kappa shape index (κ1) is 16.2. The van der Waals surface area contributed by atoms with E-state index in [1.807, 2.05) is 0 Å². The number of hydrogen-bond donors (Lipinski definition) is 3. The molecule has 0 aromatic heterocycles. The zero-order valence-electron chi connectivity index (χ0n) is 12.0. The van der Waals surface area contributed by atoms with Crippen molar-refractivity contribution in [1.29, 1.82) is 0 Å². The lowest BCUT2D eigenvalue weighted by Gasteiger charge is -2.22. The van der Waals surface area contributed by atoms with Gasteiger partial charge in [-0.1, -0.05) is 0 Å². The number of sulfonamides is 1. The van der Waals surface area contributed by atoms with Crippen molar-refractivity contribution < 1.29 is 13.2 Å². The molecule has 118 valence electrons. The van der Waals surface area contributed by atoms with Gasteiger partial charge in [0, 0.05) is 18.8 Å². The van der Waals surface area contributed by atoms with Crippen LogP contribution < -0.4 is 15.8 Å². The molecule has 0 atom stereocenters. The minimum atomic E-state index is -3.61. The highest BCUT2D eigenvalue weighted by Crippen LogP contribution is 2.13. The summed E-state index contributed by atoms with van der Waals surface area (Å²) in [6, 6.07) is 6.44. The van der Waals surface area contributed by atoms with Crippen LogP contribution in [0.2, 0.25) is 0 Å². The van der Waals surface area contributed by atoms with Crippen LogP contribution in [0.3, 0.4) is 0 Å². The Morgan fingerprint density at radius 1 is 1.24 bits per heavy atom. The molecule has 0 aliphatic carbocycles. The Bertz CT molecular complexity index is 525. The molecule has 1 aromatic rings. The summed E-state index contributed by atoms with van der Waals surface area (Å²) in [7, 11) is -3.61. The molecule has 1 aromatic carbocycles. The van der Waals surface area contributed by atoms with Gasteiger partial charge in [-0.2, -0.15) is 0 Å². The van der Waals surface area contributed by atoms with Gasteiger partial charge in [0.1, 0.15) is 0 Å². The first-order valence-corrected chi connectivity index (χ1v) is 8.79. The molecule has 7 heteroatoms. The van der Waals surface area contributed by atoms with E-state index in [2.05, 4.69) is 10.6 Å². The molecular formula is C14H23N3O3S. The van der Waals surface area contributed by atoms with Crippen molar-refractivity contribution in [3.05, 3.63) is 24.3 Å². The van der Waals surface area contributed by atoms with E-state index in [0.717, 1.165) is 51.2 Å². The summed E-state index contributed by atoms with van der Waals surface area (Å²) in [5, 5.41) is 11.6. The van der Waals surface area contributed by atoms with Crippen LogP contribution in [0.25, 0.3) is 0 Å². The van der Waals surface area contributed by atoms with E-state index in [0.29, 0.717) is 6.10 Å². The number of nitrogens with two attached hydrogens (primary N) is 1. The molecule has 2 rings (SSSR count). The molecule has 0 spiro atoms. The van der Waals surface area contributed by atoms with Gasteiger partial charge in [-0.05, 0) is 56.6 Å². The van der Waals surface area contributed by atoms with Crippen LogP contribution in [-0.4, -0.2) is 40.8 Å². The Kier molecular flexibility index (Phi) is 5.98. The lowest BCUT2D eigenvalue weighted by molar-refractivity contribution is 0.0329. The predicted molar refractivity (Wildman–Crippen MR) is 82.8 cm³/mol. The highest BCUT2D eigenvalue weighted by Gasteiger charge is 2.12. The fourth-order valence-corrected chi connectivity index (χ4v) is 2.79. The zero-order chi connectivity index (χ0) is 15.1. The van der Waals surface area contributed by atoms with E-state index in [-0.39, 0.29) is 4.90 Å². The van der Waals surface area contributed by atoms with E-state index >= 15 is 0 Å². The smallest absolute Gasteiger partial charge is 0.238 e. The molecule has 0 saturated carbocycles. The summed E-state index contributed by atoms with van der Waals surface area (Å²) in [6.07, 6.45) is 3.48. The summed E-state index contributed by atoms with van der Waals surface area (Å²) < 4.78 is 28.1. The minimum absolute atomic E-state index is 0.127. The molecule has 1 aliphatic heterocycles. The van der Waals surface area contributed by atoms with Crippen LogP contribution >= 0.6 is 0 Å². The normalized spacial score (nSPS) is 16.8. The number of hydrogen-bond acceptors (Lipinski definition) is 5. The second kappa shape index (κ2) is 7.74. The molecule has 0 radical (unpaired) electrons. The molecular weight excluding hydrogens is 290 g/mol. The topological polar surface area (TPSA) is 93.5 Å². The van der Waals surface area contributed by atoms with Crippen molar-refractivity contribution in [3.63, 3.8) is 0 Å². The van der Waals surface area contributed by atoms with Crippen LogP contribution in [0.5, 0.6) is 0 Å². The van der Waals surface area contributed by atoms with Crippen molar-refractivity contribution in [2.45, 2.75) is 30.3 Å². The maximum atomic E-state index is 11.1. The highest BCUT2D eigenvalue weighted by atomic mass is 32.2. The van der Waals surface area contributed by atoms with E-state index in [4.69, 9.17) is 9.88 Å². The van der Waals surface area contributed by atoms with E-state index in [1.54, 1.807) is 12.1 Å². The van der Waals surface area contributed by atoms with Crippen LogP contribution in [-0.2, 0) is 14.8 Å². The Morgan fingerprint density at radius 2 is 1.90 bits per heavy atom. The van der Waals surface area contributed by atoms with Crippen molar-refractivity contribution >= 4 is 15.7 Å². The fourth-order valence-electron chi connectivity index (χ4n) is 2.28. The van der Waals surface area contributed by atoms with Crippen LogP contribution in [0.1, 0.15) is 19.3 Å². The monoisotopic (exact) mass is 313 g/mol. The molecule has 0 unspecified atom stereocenters. The number of rotatable bonds is 7. The number of piperidine rings is 1. The summed E-state index contributed by atoms with van der Waals surface area (Å²) in [5.41, 5.74) is 0.879. The number of anilines is 1. The molecule has 4 N–H and O–H groups in total. The maximum Gasteiger partial charge on any atom is 0.238 e. The van der Waals surface area contributed by atoms with Crippen LogP contribution in [0, 0.1) is 0 Å². The number of nitrogens with one attached hydrogen (secondary N) is 2. The maximum absolute atomic E-state index is 11.1. The van der Waals surface area contributed by atoms with Gasteiger partial charge < -0.3 is 15.4 Å². The van der Waals surface area contributed by atoms with Gasteiger partial charge in [-0.15, -0.1) is 0 Å². The molecule has 0 amide bonds. The Morgan fingerprint density at radius 3 is 2.52 bits per heavy atom. The molecule has 21 heavy (non-hydrogen) atoms. The predicted octanol–water partition coefficient (Wildman–Crippen LogP) is 0.905. The van der Waals surface area contributed by atoms with Gasteiger partial charge in [-0.25, -0.2) is 13.6 Å². The molecule has 1 fully saturated rings. The average molecular weight is 313 g/mol. The molecule has 6 nitrogen and oxygen atoms in total. The summed E-state index contributed by atoms with van der Waals surface area (Å²) in [4.78, 5) is 0.127. The second-order valence-electron chi connectivity index (χ2n) is 5.17. The molecule has 0 bridgehead atoms. The van der Waals surface area contributed by atoms with E-state index in [1.165, 1.54) is 12.1 Å². The van der Waals surface area contributed by atoms with Crippen LogP contribution in [0.4, 0.5) is 5.69 Å². The first-order valence-electron chi connectivity index (χ1n) is 7.25.